The molecular formula is C9H7Cl3O2. The summed E-state index contributed by atoms with van der Waals surface area (Å²) in [5.41, 5.74) is 0. The van der Waals surface area contributed by atoms with Crippen LogP contribution in [0.3, 0.4) is 0 Å². The number of carbonyl (C=O) groups is 1. The van der Waals surface area contributed by atoms with Crippen molar-refractivity contribution in [3.63, 3.8) is 0 Å². The lowest BCUT2D eigenvalue weighted by Crippen LogP contribution is -1.98. The second-order valence-electron chi connectivity index (χ2n) is 2.50. The van der Waals surface area contributed by atoms with E-state index in [0.29, 0.717) is 27.2 Å². The quantitative estimate of drug-likeness (QED) is 0.605. The van der Waals surface area contributed by atoms with Gasteiger partial charge in [-0.25, -0.2) is 0 Å². The molecular weight excluding hydrogens is 246 g/mol. The van der Waals surface area contributed by atoms with Crippen molar-refractivity contribution in [3.05, 3.63) is 27.2 Å². The zero-order valence-electron chi connectivity index (χ0n) is 7.10. The summed E-state index contributed by atoms with van der Waals surface area (Å²) in [6.45, 7) is 0.255. The van der Waals surface area contributed by atoms with E-state index in [0.717, 1.165) is 6.29 Å². The molecule has 0 saturated carbocycles. The molecule has 0 atom stereocenters. The highest BCUT2D eigenvalue weighted by atomic mass is 35.5. The smallest absolute Gasteiger partial charge is 0.156 e. The normalized spacial score (nSPS) is 9.93. The lowest BCUT2D eigenvalue weighted by molar-refractivity contribution is -0.108. The predicted molar refractivity (Wildman–Crippen MR) is 57.6 cm³/mol. The summed E-state index contributed by atoms with van der Waals surface area (Å²) < 4.78 is 5.21. The van der Waals surface area contributed by atoms with Crippen LogP contribution >= 0.6 is 34.8 Å². The van der Waals surface area contributed by atoms with Crippen molar-refractivity contribution in [2.45, 2.75) is 6.42 Å². The molecule has 0 fully saturated rings. The van der Waals surface area contributed by atoms with Gasteiger partial charge in [0, 0.05) is 11.4 Å². The van der Waals surface area contributed by atoms with Gasteiger partial charge in [-0.3, -0.25) is 0 Å². The van der Waals surface area contributed by atoms with Gasteiger partial charge in [0.2, 0.25) is 0 Å². The van der Waals surface area contributed by atoms with Crippen LogP contribution in [0, 0.1) is 0 Å². The van der Waals surface area contributed by atoms with Crippen molar-refractivity contribution in [2.24, 2.45) is 0 Å². The molecule has 0 spiro atoms. The molecule has 0 heterocycles. The SMILES string of the molecule is O=CCCOc1c(Cl)cc(Cl)cc1Cl. The Kier molecular flexibility index (Phi) is 4.52. The first kappa shape index (κ1) is 11.6. The zero-order chi connectivity index (χ0) is 10.6. The third kappa shape index (κ3) is 3.05. The van der Waals surface area contributed by atoms with Crippen molar-refractivity contribution in [2.75, 3.05) is 6.61 Å². The lowest BCUT2D eigenvalue weighted by atomic mass is 10.3. The third-order valence-electron chi connectivity index (χ3n) is 1.45. The minimum Gasteiger partial charge on any atom is -0.490 e. The van der Waals surface area contributed by atoms with Gasteiger partial charge in [-0.15, -0.1) is 0 Å². The van der Waals surface area contributed by atoms with Crippen LogP contribution in [0.25, 0.3) is 0 Å². The van der Waals surface area contributed by atoms with Crippen LogP contribution in [0.2, 0.25) is 15.1 Å². The molecule has 0 bridgehead atoms. The molecule has 0 saturated heterocycles. The molecule has 0 aliphatic heterocycles. The number of halogens is 3. The molecule has 76 valence electrons. The summed E-state index contributed by atoms with van der Waals surface area (Å²) in [5, 5.41) is 1.13. The maximum absolute atomic E-state index is 10.1. The Balaban J connectivity index is 2.80. The minimum absolute atomic E-state index is 0.255. The predicted octanol–water partition coefficient (Wildman–Crippen LogP) is 3.61. The fraction of sp³-hybridized carbons (Fsp3) is 0.222. The van der Waals surface area contributed by atoms with Crippen LogP contribution in [0.1, 0.15) is 6.42 Å². The Morgan fingerprint density at radius 2 is 1.79 bits per heavy atom. The van der Waals surface area contributed by atoms with Crippen LogP contribution < -0.4 is 4.74 Å². The van der Waals surface area contributed by atoms with E-state index < -0.39 is 0 Å². The summed E-state index contributed by atoms with van der Waals surface area (Å²) in [5.74, 6) is 0.361. The minimum atomic E-state index is 0.255. The highest BCUT2D eigenvalue weighted by Crippen LogP contribution is 2.35. The van der Waals surface area contributed by atoms with Crippen LogP contribution in [0.4, 0.5) is 0 Å². The van der Waals surface area contributed by atoms with Gasteiger partial charge in [-0.2, -0.15) is 0 Å². The van der Waals surface area contributed by atoms with Gasteiger partial charge in [-0.1, -0.05) is 34.8 Å². The summed E-state index contributed by atoms with van der Waals surface area (Å²) in [6, 6.07) is 3.07. The molecule has 5 heteroatoms. The largest absolute Gasteiger partial charge is 0.490 e. The Morgan fingerprint density at radius 1 is 1.21 bits per heavy atom. The molecule has 0 radical (unpaired) electrons. The molecule has 1 aromatic rings. The molecule has 0 unspecified atom stereocenters. The Bertz CT molecular complexity index is 316. The molecule has 0 aliphatic rings. The van der Waals surface area contributed by atoms with E-state index in [9.17, 15) is 4.79 Å². The first-order valence-corrected chi connectivity index (χ1v) is 4.99. The van der Waals surface area contributed by atoms with Crippen LogP contribution in [-0.4, -0.2) is 12.9 Å². The molecule has 0 amide bonds. The maximum Gasteiger partial charge on any atom is 0.156 e. The molecule has 2 nitrogen and oxygen atoms in total. The molecule has 1 rings (SSSR count). The highest BCUT2D eigenvalue weighted by Gasteiger charge is 2.08. The topological polar surface area (TPSA) is 26.3 Å². The maximum atomic E-state index is 10.1. The van der Waals surface area contributed by atoms with Crippen molar-refractivity contribution in [1.82, 2.24) is 0 Å². The van der Waals surface area contributed by atoms with Crippen molar-refractivity contribution in [1.29, 1.82) is 0 Å². The second-order valence-corrected chi connectivity index (χ2v) is 3.75. The van der Waals surface area contributed by atoms with Crippen molar-refractivity contribution >= 4 is 41.1 Å². The van der Waals surface area contributed by atoms with E-state index >= 15 is 0 Å². The molecule has 0 N–H and O–H groups in total. The van der Waals surface area contributed by atoms with Gasteiger partial charge in [0.15, 0.2) is 5.75 Å². The number of rotatable bonds is 4. The van der Waals surface area contributed by atoms with E-state index in [1.807, 2.05) is 0 Å². The van der Waals surface area contributed by atoms with Gasteiger partial charge < -0.3 is 9.53 Å². The van der Waals surface area contributed by atoms with Crippen LogP contribution in [0.15, 0.2) is 12.1 Å². The Hall–Kier alpha value is -0.440. The van der Waals surface area contributed by atoms with Crippen LogP contribution in [0.5, 0.6) is 5.75 Å². The summed E-state index contributed by atoms with van der Waals surface area (Å²) in [4.78, 5) is 10.1. The Labute approximate surface area is 96.7 Å². The molecule has 1 aromatic carbocycles. The van der Waals surface area contributed by atoms with E-state index in [-0.39, 0.29) is 6.61 Å². The summed E-state index contributed by atoms with van der Waals surface area (Å²) in [7, 11) is 0. The van der Waals surface area contributed by atoms with E-state index in [1.54, 1.807) is 0 Å². The summed E-state index contributed by atoms with van der Waals surface area (Å²) in [6.07, 6.45) is 1.06. The van der Waals surface area contributed by atoms with E-state index in [1.165, 1.54) is 12.1 Å². The standard InChI is InChI=1S/C9H7Cl3O2/c10-6-4-7(11)9(8(12)5-6)14-3-1-2-13/h2,4-5H,1,3H2. The fourth-order valence-electron chi connectivity index (χ4n) is 0.876. The van der Waals surface area contributed by atoms with Crippen molar-refractivity contribution < 1.29 is 9.53 Å². The number of hydrogen-bond donors (Lipinski definition) is 0. The fourth-order valence-corrected chi connectivity index (χ4v) is 1.80. The van der Waals surface area contributed by atoms with Crippen LogP contribution in [-0.2, 0) is 4.79 Å². The van der Waals surface area contributed by atoms with Gasteiger partial charge in [0.05, 0.1) is 16.7 Å². The first-order valence-electron chi connectivity index (χ1n) is 3.86. The average Bonchev–Trinajstić information content (AvgIpc) is 2.09. The molecule has 14 heavy (non-hydrogen) atoms. The van der Waals surface area contributed by atoms with E-state index in [2.05, 4.69) is 0 Å². The lowest BCUT2D eigenvalue weighted by Gasteiger charge is -2.08. The Morgan fingerprint density at radius 3 is 2.29 bits per heavy atom. The first-order chi connectivity index (χ1) is 6.65. The summed E-state index contributed by atoms with van der Waals surface area (Å²) >= 11 is 17.4. The highest BCUT2D eigenvalue weighted by molar-refractivity contribution is 6.40. The van der Waals surface area contributed by atoms with Gasteiger partial charge in [0.1, 0.15) is 6.29 Å². The third-order valence-corrected chi connectivity index (χ3v) is 2.22. The molecule has 0 aromatic heterocycles. The number of aldehydes is 1. The monoisotopic (exact) mass is 252 g/mol. The van der Waals surface area contributed by atoms with Gasteiger partial charge >= 0.3 is 0 Å². The van der Waals surface area contributed by atoms with Gasteiger partial charge in [0.25, 0.3) is 0 Å². The molecule has 0 aliphatic carbocycles. The number of benzene rings is 1. The number of hydrogen-bond acceptors (Lipinski definition) is 2. The second kappa shape index (κ2) is 5.44. The van der Waals surface area contributed by atoms with Crippen molar-refractivity contribution in [3.8, 4) is 5.75 Å². The average molecular weight is 254 g/mol. The van der Waals surface area contributed by atoms with E-state index in [4.69, 9.17) is 39.5 Å². The van der Waals surface area contributed by atoms with Gasteiger partial charge in [-0.05, 0) is 12.1 Å². The number of carbonyl (C=O) groups excluding carboxylic acids is 1. The number of ether oxygens (including phenoxy) is 1. The zero-order valence-corrected chi connectivity index (χ0v) is 9.36.